The third-order valence-electron chi connectivity index (χ3n) is 5.50. The Morgan fingerprint density at radius 1 is 1.00 bits per heavy atom. The molecule has 152 valence electrons. The highest BCUT2D eigenvalue weighted by Gasteiger charge is 2.37. The molecule has 2 aliphatic heterocycles. The molecule has 0 radical (unpaired) electrons. The van der Waals surface area contributed by atoms with E-state index in [9.17, 15) is 14.0 Å². The van der Waals surface area contributed by atoms with Crippen molar-refractivity contribution in [3.05, 3.63) is 70.5 Å². The summed E-state index contributed by atoms with van der Waals surface area (Å²) in [5, 5.41) is 0.316. The Kier molecular flexibility index (Phi) is 5.80. The van der Waals surface area contributed by atoms with Gasteiger partial charge in [-0.1, -0.05) is 41.9 Å². The molecule has 2 saturated heterocycles. The minimum absolute atomic E-state index is 0.0365. The maximum absolute atomic E-state index is 14.0. The third-order valence-corrected chi connectivity index (χ3v) is 5.73. The van der Waals surface area contributed by atoms with Crippen molar-refractivity contribution in [1.82, 2.24) is 20.7 Å². The topological polar surface area (TPSA) is 64.7 Å². The first-order valence-corrected chi connectivity index (χ1v) is 9.99. The number of benzene rings is 2. The van der Waals surface area contributed by atoms with Crippen LogP contribution in [-0.4, -0.2) is 54.3 Å². The first-order valence-electron chi connectivity index (χ1n) is 9.61. The highest BCUT2D eigenvalue weighted by molar-refractivity contribution is 6.31. The van der Waals surface area contributed by atoms with Crippen molar-refractivity contribution in [3.63, 3.8) is 0 Å². The summed E-state index contributed by atoms with van der Waals surface area (Å²) in [5.41, 5.74) is 7.29. The normalized spacial score (nSPS) is 22.0. The van der Waals surface area contributed by atoms with E-state index in [4.69, 9.17) is 11.6 Å². The number of nitrogens with zero attached hydrogens (tertiary/aromatic N) is 2. The lowest BCUT2D eigenvalue weighted by molar-refractivity contribution is -0.137. The van der Waals surface area contributed by atoms with Gasteiger partial charge in [-0.25, -0.2) is 9.82 Å². The minimum atomic E-state index is -0.591. The van der Waals surface area contributed by atoms with E-state index in [2.05, 4.69) is 10.9 Å². The van der Waals surface area contributed by atoms with E-state index in [-0.39, 0.29) is 23.4 Å². The van der Waals surface area contributed by atoms with Gasteiger partial charge < -0.3 is 9.80 Å². The Hall–Kier alpha value is -2.48. The van der Waals surface area contributed by atoms with E-state index < -0.39 is 11.7 Å². The first-order chi connectivity index (χ1) is 14.0. The van der Waals surface area contributed by atoms with Crippen molar-refractivity contribution in [1.29, 1.82) is 0 Å². The molecule has 4 rings (SSSR count). The fourth-order valence-electron chi connectivity index (χ4n) is 3.90. The fourth-order valence-corrected chi connectivity index (χ4v) is 4.07. The highest BCUT2D eigenvalue weighted by atomic mass is 35.5. The Bertz CT molecular complexity index is 903. The molecule has 0 spiro atoms. The number of halogens is 2. The monoisotopic (exact) mass is 416 g/mol. The zero-order chi connectivity index (χ0) is 20.4. The second kappa shape index (κ2) is 8.49. The summed E-state index contributed by atoms with van der Waals surface area (Å²) in [5.74, 6) is -1.16. The van der Waals surface area contributed by atoms with E-state index in [0.29, 0.717) is 37.7 Å². The van der Waals surface area contributed by atoms with Crippen molar-refractivity contribution in [2.75, 3.05) is 32.7 Å². The molecule has 2 fully saturated rings. The van der Waals surface area contributed by atoms with Crippen LogP contribution in [0.1, 0.15) is 22.0 Å². The van der Waals surface area contributed by atoms with Crippen LogP contribution >= 0.6 is 11.6 Å². The molecule has 0 bridgehead atoms. The maximum atomic E-state index is 14.0. The van der Waals surface area contributed by atoms with Crippen LogP contribution in [0.25, 0.3) is 0 Å². The van der Waals surface area contributed by atoms with E-state index in [1.165, 1.54) is 18.2 Å². The standard InChI is InChI=1S/C21H22ClFN4O2/c22-15-6-7-18(23)16(12-15)20(28)26-8-10-27(11-9-26)21(29)17-13-24-25-19(17)14-4-2-1-3-5-14/h1-7,12,17,19,24-25H,8-11,13H2. The van der Waals surface area contributed by atoms with Gasteiger partial charge in [-0.15, -0.1) is 0 Å². The quantitative estimate of drug-likeness (QED) is 0.805. The van der Waals surface area contributed by atoms with E-state index in [1.54, 1.807) is 9.80 Å². The molecule has 2 unspecified atom stereocenters. The van der Waals surface area contributed by atoms with Gasteiger partial charge in [0.25, 0.3) is 5.91 Å². The Balaban J connectivity index is 1.40. The lowest BCUT2D eigenvalue weighted by Crippen LogP contribution is -2.52. The predicted molar refractivity (Wildman–Crippen MR) is 108 cm³/mol. The molecule has 2 aromatic rings. The molecule has 0 aliphatic carbocycles. The Morgan fingerprint density at radius 2 is 1.69 bits per heavy atom. The molecule has 8 heteroatoms. The summed E-state index contributed by atoms with van der Waals surface area (Å²) < 4.78 is 14.0. The smallest absolute Gasteiger partial charge is 0.257 e. The van der Waals surface area contributed by atoms with Gasteiger partial charge >= 0.3 is 0 Å². The van der Waals surface area contributed by atoms with Crippen molar-refractivity contribution >= 4 is 23.4 Å². The number of nitrogens with one attached hydrogen (secondary N) is 2. The third kappa shape index (κ3) is 4.12. The number of hydrogen-bond acceptors (Lipinski definition) is 4. The maximum Gasteiger partial charge on any atom is 0.257 e. The predicted octanol–water partition coefficient (Wildman–Crippen LogP) is 2.23. The number of hydrogen-bond donors (Lipinski definition) is 2. The second-order valence-corrected chi connectivity index (χ2v) is 7.70. The molecule has 2 aromatic carbocycles. The minimum Gasteiger partial charge on any atom is -0.339 e. The number of piperazine rings is 1. The summed E-state index contributed by atoms with van der Waals surface area (Å²) in [6, 6.07) is 13.7. The summed E-state index contributed by atoms with van der Waals surface area (Å²) in [7, 11) is 0. The van der Waals surface area contributed by atoms with E-state index >= 15 is 0 Å². The first kappa shape index (κ1) is 19.8. The van der Waals surface area contributed by atoms with Crippen LogP contribution in [0, 0.1) is 11.7 Å². The second-order valence-electron chi connectivity index (χ2n) is 7.26. The number of carbonyl (C=O) groups is 2. The van der Waals surface area contributed by atoms with Gasteiger partial charge in [-0.05, 0) is 23.8 Å². The van der Waals surface area contributed by atoms with Gasteiger partial charge in [0.1, 0.15) is 5.82 Å². The Labute approximate surface area is 173 Å². The van der Waals surface area contributed by atoms with Crippen LogP contribution in [0.4, 0.5) is 4.39 Å². The van der Waals surface area contributed by atoms with E-state index in [1.807, 2.05) is 30.3 Å². The van der Waals surface area contributed by atoms with Crippen LogP contribution in [0.2, 0.25) is 5.02 Å². The number of rotatable bonds is 3. The molecule has 2 N–H and O–H groups in total. The molecule has 2 aliphatic rings. The zero-order valence-electron chi connectivity index (χ0n) is 15.8. The highest BCUT2D eigenvalue weighted by Crippen LogP contribution is 2.27. The van der Waals surface area contributed by atoms with Crippen LogP contribution < -0.4 is 10.9 Å². The van der Waals surface area contributed by atoms with Crippen molar-refractivity contribution in [3.8, 4) is 0 Å². The molecule has 6 nitrogen and oxygen atoms in total. The van der Waals surface area contributed by atoms with Crippen LogP contribution in [-0.2, 0) is 4.79 Å². The average Bonchev–Trinajstić information content (AvgIpc) is 3.25. The summed E-state index contributed by atoms with van der Waals surface area (Å²) >= 11 is 5.90. The SMILES string of the molecule is O=C(c1cc(Cl)ccc1F)N1CCN(C(=O)C2CNNC2c2ccccc2)CC1. The molecular formula is C21H22ClFN4O2. The van der Waals surface area contributed by atoms with Crippen LogP contribution in [0.5, 0.6) is 0 Å². The summed E-state index contributed by atoms with van der Waals surface area (Å²) in [4.78, 5) is 29.1. The van der Waals surface area contributed by atoms with Gasteiger partial charge in [0, 0.05) is 37.7 Å². The lowest BCUT2D eigenvalue weighted by Gasteiger charge is -2.36. The van der Waals surface area contributed by atoms with Gasteiger partial charge in [0.2, 0.25) is 5.91 Å². The molecule has 2 amide bonds. The van der Waals surface area contributed by atoms with Crippen LogP contribution in [0.3, 0.4) is 0 Å². The largest absolute Gasteiger partial charge is 0.339 e. The number of hydrazine groups is 1. The van der Waals surface area contributed by atoms with Crippen molar-refractivity contribution < 1.29 is 14.0 Å². The van der Waals surface area contributed by atoms with Gasteiger partial charge in [-0.3, -0.25) is 15.0 Å². The molecule has 2 heterocycles. The van der Waals surface area contributed by atoms with E-state index in [0.717, 1.165) is 5.56 Å². The number of carbonyl (C=O) groups excluding carboxylic acids is 2. The van der Waals surface area contributed by atoms with Gasteiger partial charge in [-0.2, -0.15) is 0 Å². The lowest BCUT2D eigenvalue weighted by atomic mass is 9.93. The average molecular weight is 417 g/mol. The molecule has 0 saturated carbocycles. The fraction of sp³-hybridized carbons (Fsp3) is 0.333. The molecule has 2 atom stereocenters. The molecule has 29 heavy (non-hydrogen) atoms. The summed E-state index contributed by atoms with van der Waals surface area (Å²) in [6.45, 7) is 2.11. The van der Waals surface area contributed by atoms with Crippen molar-refractivity contribution in [2.24, 2.45) is 5.92 Å². The van der Waals surface area contributed by atoms with Crippen LogP contribution in [0.15, 0.2) is 48.5 Å². The summed E-state index contributed by atoms with van der Waals surface area (Å²) in [6.07, 6.45) is 0. The zero-order valence-corrected chi connectivity index (χ0v) is 16.5. The molecular weight excluding hydrogens is 395 g/mol. The van der Waals surface area contributed by atoms with Gasteiger partial charge in [0.15, 0.2) is 0 Å². The van der Waals surface area contributed by atoms with Gasteiger partial charge in [0.05, 0.1) is 17.5 Å². The number of amides is 2. The Morgan fingerprint density at radius 3 is 2.41 bits per heavy atom. The molecule has 0 aromatic heterocycles. The van der Waals surface area contributed by atoms with Crippen molar-refractivity contribution in [2.45, 2.75) is 6.04 Å².